The first-order valence-corrected chi connectivity index (χ1v) is 11.2. The molecule has 0 aliphatic carbocycles. The van der Waals surface area contributed by atoms with Gasteiger partial charge in [-0.25, -0.2) is 0 Å². The maximum absolute atomic E-state index is 12.0. The number of nitrogens with zero attached hydrogens (tertiary/aromatic N) is 2. The summed E-state index contributed by atoms with van der Waals surface area (Å²) in [6, 6.07) is 14.5. The zero-order valence-electron chi connectivity index (χ0n) is 19.4. The zero-order valence-corrected chi connectivity index (χ0v) is 19.4. The molecule has 2 aromatic rings. The molecule has 2 aromatic carbocycles. The van der Waals surface area contributed by atoms with Gasteiger partial charge in [0.25, 0.3) is 0 Å². The van der Waals surface area contributed by atoms with Crippen LogP contribution in [0.25, 0.3) is 0 Å². The van der Waals surface area contributed by atoms with Gasteiger partial charge in [0.2, 0.25) is 0 Å². The highest BCUT2D eigenvalue weighted by atomic mass is 16.6. The Balaban J connectivity index is 0.00000544. The molecule has 7 heteroatoms. The zero-order chi connectivity index (χ0) is 23.4. The number of benzene rings is 2. The third kappa shape index (κ3) is 10.5. The van der Waals surface area contributed by atoms with Crippen molar-refractivity contribution in [3.8, 4) is 5.75 Å². The van der Waals surface area contributed by atoms with Crippen molar-refractivity contribution in [1.29, 1.82) is 0 Å². The smallest absolute Gasteiger partial charge is 0.310 e. The van der Waals surface area contributed by atoms with Crippen LogP contribution in [0.2, 0.25) is 0 Å². The quantitative estimate of drug-likeness (QED) is 0.115. The van der Waals surface area contributed by atoms with Crippen LogP contribution in [0, 0.1) is 10.1 Å². The predicted octanol–water partition coefficient (Wildman–Crippen LogP) is 5.93. The molecule has 0 amide bonds. The van der Waals surface area contributed by atoms with Gasteiger partial charge < -0.3 is 9.47 Å². The minimum Gasteiger partial charge on any atom is -0.487 e. The summed E-state index contributed by atoms with van der Waals surface area (Å²) in [5.74, 6) is 0.138. The monoisotopic (exact) mass is 459 g/mol. The number of hydrogen-bond donors (Lipinski definition) is 0. The van der Waals surface area contributed by atoms with Crippen LogP contribution >= 0.6 is 0 Å². The van der Waals surface area contributed by atoms with Gasteiger partial charge in [0.1, 0.15) is 5.69 Å². The number of rotatable bonds is 14. The Kier molecular flexibility index (Phi) is 12.1. The molecule has 0 spiro atoms. The molecule has 0 saturated heterocycles. The number of nitro groups is 1. The Bertz CT molecular complexity index is 860. The lowest BCUT2D eigenvalue weighted by atomic mass is 10.1. The first kappa shape index (κ1) is 28.1. The number of unbranched alkanes of at least 4 members (excludes halogenated alkanes) is 5. The highest BCUT2D eigenvalue weighted by Gasteiger charge is 2.13. The van der Waals surface area contributed by atoms with Gasteiger partial charge >= 0.3 is 11.7 Å². The second-order valence-corrected chi connectivity index (χ2v) is 8.77. The molecule has 0 aliphatic heterocycles. The maximum atomic E-state index is 12.0. The van der Waals surface area contributed by atoms with Crippen LogP contribution in [0.4, 0.5) is 11.4 Å². The molecule has 0 fully saturated rings. The van der Waals surface area contributed by atoms with E-state index in [9.17, 15) is 14.9 Å². The Morgan fingerprint density at radius 1 is 0.879 bits per heavy atom. The van der Waals surface area contributed by atoms with Crippen molar-refractivity contribution >= 4 is 17.3 Å². The summed E-state index contributed by atoms with van der Waals surface area (Å²) in [5, 5.41) is 11.0. The summed E-state index contributed by atoms with van der Waals surface area (Å²) < 4.78 is 11.6. The summed E-state index contributed by atoms with van der Waals surface area (Å²) in [6.45, 7) is 0.925. The van der Waals surface area contributed by atoms with E-state index in [1.54, 1.807) is 18.2 Å². The van der Waals surface area contributed by atoms with Gasteiger partial charge in [-0.05, 0) is 36.6 Å². The van der Waals surface area contributed by atoms with E-state index in [2.05, 4.69) is 33.3 Å². The van der Waals surface area contributed by atoms with Gasteiger partial charge in [-0.1, -0.05) is 57.4 Å². The van der Waals surface area contributed by atoms with Crippen molar-refractivity contribution in [2.24, 2.45) is 0 Å². The van der Waals surface area contributed by atoms with Gasteiger partial charge in [-0.3, -0.25) is 19.4 Å². The number of para-hydroxylation sites is 2. The van der Waals surface area contributed by atoms with Crippen molar-refractivity contribution in [2.45, 2.75) is 52.4 Å². The lowest BCUT2D eigenvalue weighted by Crippen LogP contribution is -2.34. The molecule has 0 unspecified atom stereocenters. The second kappa shape index (κ2) is 14.3. The molecule has 182 valence electrons. The fourth-order valence-corrected chi connectivity index (χ4v) is 3.29. The summed E-state index contributed by atoms with van der Waals surface area (Å²) in [7, 11) is 6.32. The molecule has 0 radical (unpaired) electrons. The number of carbonyl (C=O) groups is 1. The van der Waals surface area contributed by atoms with Gasteiger partial charge in [0, 0.05) is 6.07 Å². The fraction of sp³-hybridized carbons (Fsp3) is 0.500. The van der Waals surface area contributed by atoms with E-state index in [0.717, 1.165) is 48.6 Å². The first-order valence-electron chi connectivity index (χ1n) is 11.2. The second-order valence-electron chi connectivity index (χ2n) is 8.77. The summed E-state index contributed by atoms with van der Waals surface area (Å²) in [4.78, 5) is 22.5. The minimum atomic E-state index is -0.426. The van der Waals surface area contributed by atoms with E-state index >= 15 is 0 Å². The summed E-state index contributed by atoms with van der Waals surface area (Å²) in [6.07, 6.45) is 6.16. The third-order valence-corrected chi connectivity index (χ3v) is 5.18. The number of hydrogen-bond acceptors (Lipinski definition) is 5. The fourth-order valence-electron chi connectivity index (χ4n) is 3.29. The van der Waals surface area contributed by atoms with Crippen LogP contribution in [-0.2, 0) is 16.0 Å². The average Bonchev–Trinajstić information content (AvgIpc) is 2.75. The number of ether oxygens (including phenoxy) is 2. The molecule has 0 bridgehead atoms. The summed E-state index contributed by atoms with van der Waals surface area (Å²) >= 11 is 0. The standard InChI is InChI=1S/C25H35N2O5.CH4/c1-27(2,3)22-16-14-21(15-17-22)20-25(28)32-19-11-7-5-4-6-10-18-31-24-13-9-8-12-23(24)26(29)30;/h8-9,12-17H,4-7,10-11,18-20H2,1-3H3;1H4/q+1;. The lowest BCUT2D eigenvalue weighted by Gasteiger charge is -2.23. The molecular weight excluding hydrogens is 420 g/mol. The van der Waals surface area contributed by atoms with E-state index in [1.807, 2.05) is 12.1 Å². The topological polar surface area (TPSA) is 78.7 Å². The van der Waals surface area contributed by atoms with Crippen molar-refractivity contribution in [3.05, 3.63) is 64.2 Å². The van der Waals surface area contributed by atoms with E-state index < -0.39 is 4.92 Å². The molecule has 0 atom stereocenters. The van der Waals surface area contributed by atoms with Gasteiger partial charge in [-0.2, -0.15) is 0 Å². The van der Waals surface area contributed by atoms with Gasteiger partial charge in [-0.15, -0.1) is 0 Å². The largest absolute Gasteiger partial charge is 0.487 e. The molecule has 0 aromatic heterocycles. The van der Waals surface area contributed by atoms with E-state index in [-0.39, 0.29) is 19.1 Å². The minimum absolute atomic E-state index is 0. The van der Waals surface area contributed by atoms with Crippen molar-refractivity contribution in [2.75, 3.05) is 34.4 Å². The lowest BCUT2D eigenvalue weighted by molar-refractivity contribution is -0.385. The number of quaternary nitrogens is 1. The van der Waals surface area contributed by atoms with Gasteiger partial charge in [0.15, 0.2) is 5.75 Å². The molecule has 33 heavy (non-hydrogen) atoms. The molecule has 0 saturated carbocycles. The van der Waals surface area contributed by atoms with E-state index in [0.29, 0.717) is 25.4 Å². The molecule has 7 nitrogen and oxygen atoms in total. The van der Waals surface area contributed by atoms with Crippen LogP contribution in [-0.4, -0.2) is 45.2 Å². The Morgan fingerprint density at radius 3 is 2.06 bits per heavy atom. The highest BCUT2D eigenvalue weighted by molar-refractivity contribution is 5.72. The normalized spacial score (nSPS) is 10.9. The molecule has 0 N–H and O–H groups in total. The van der Waals surface area contributed by atoms with Crippen molar-refractivity contribution in [3.63, 3.8) is 0 Å². The highest BCUT2D eigenvalue weighted by Crippen LogP contribution is 2.26. The van der Waals surface area contributed by atoms with Gasteiger partial charge in [0.05, 0.1) is 45.7 Å². The number of esters is 1. The van der Waals surface area contributed by atoms with E-state index in [4.69, 9.17) is 9.47 Å². The van der Waals surface area contributed by atoms with Crippen molar-refractivity contribution in [1.82, 2.24) is 4.48 Å². The Labute approximate surface area is 198 Å². The molecule has 2 rings (SSSR count). The van der Waals surface area contributed by atoms with Crippen molar-refractivity contribution < 1.29 is 19.2 Å². The Hall–Kier alpha value is -2.93. The van der Waals surface area contributed by atoms with Crippen LogP contribution < -0.4 is 9.22 Å². The number of carbonyl (C=O) groups excluding carboxylic acids is 1. The third-order valence-electron chi connectivity index (χ3n) is 5.18. The Morgan fingerprint density at radius 2 is 1.45 bits per heavy atom. The van der Waals surface area contributed by atoms with Crippen LogP contribution in [0.5, 0.6) is 5.75 Å². The van der Waals surface area contributed by atoms with Crippen LogP contribution in [0.15, 0.2) is 48.5 Å². The summed E-state index contributed by atoms with van der Waals surface area (Å²) in [5.41, 5.74) is 2.16. The number of nitro benzene ring substituents is 1. The predicted molar refractivity (Wildman–Crippen MR) is 134 cm³/mol. The molecule has 0 aliphatic rings. The van der Waals surface area contributed by atoms with Crippen LogP contribution in [0.3, 0.4) is 0 Å². The van der Waals surface area contributed by atoms with Crippen LogP contribution in [0.1, 0.15) is 51.5 Å². The average molecular weight is 460 g/mol. The van der Waals surface area contributed by atoms with E-state index in [1.165, 1.54) is 11.8 Å². The molecule has 0 heterocycles. The first-order chi connectivity index (χ1) is 15.3. The SMILES string of the molecule is C.C[N+](C)(C)c1ccc(CC(=O)OCCCCCCCCOc2ccccc2[N+](=O)[O-])cc1. The maximum Gasteiger partial charge on any atom is 0.310 e. The molecular formula is C26H39N2O5+.